The SMILES string of the molecule is Cc1ccc2c(c1)[C@H](C)SC2. The van der Waals surface area contributed by atoms with Crippen LogP contribution in [0.3, 0.4) is 0 Å². The summed E-state index contributed by atoms with van der Waals surface area (Å²) in [6.45, 7) is 4.45. The van der Waals surface area contributed by atoms with Crippen molar-refractivity contribution in [2.75, 3.05) is 0 Å². The van der Waals surface area contributed by atoms with E-state index in [9.17, 15) is 0 Å². The number of hydrogen-bond acceptors (Lipinski definition) is 1. The predicted molar refractivity (Wildman–Crippen MR) is 50.9 cm³/mol. The third-order valence-electron chi connectivity index (χ3n) is 2.23. The highest BCUT2D eigenvalue weighted by Crippen LogP contribution is 2.41. The molecule has 0 fully saturated rings. The lowest BCUT2D eigenvalue weighted by atomic mass is 10.0. The average molecular weight is 164 g/mol. The molecule has 0 unspecified atom stereocenters. The van der Waals surface area contributed by atoms with E-state index in [2.05, 4.69) is 32.0 Å². The van der Waals surface area contributed by atoms with Gasteiger partial charge >= 0.3 is 0 Å². The van der Waals surface area contributed by atoms with Crippen LogP contribution in [0.2, 0.25) is 0 Å². The molecule has 0 nitrogen and oxygen atoms in total. The van der Waals surface area contributed by atoms with Crippen molar-refractivity contribution in [3.63, 3.8) is 0 Å². The fraction of sp³-hybridized carbons (Fsp3) is 0.400. The highest BCUT2D eigenvalue weighted by atomic mass is 32.2. The summed E-state index contributed by atoms with van der Waals surface area (Å²) in [5.74, 6) is 1.21. The second kappa shape index (κ2) is 2.56. The molecule has 0 N–H and O–H groups in total. The van der Waals surface area contributed by atoms with Gasteiger partial charge in [-0.2, -0.15) is 0 Å². The largest absolute Gasteiger partial charge is 0.149 e. The minimum absolute atomic E-state index is 0.713. The van der Waals surface area contributed by atoms with Crippen molar-refractivity contribution < 1.29 is 0 Å². The zero-order valence-electron chi connectivity index (χ0n) is 6.92. The molecule has 0 saturated heterocycles. The monoisotopic (exact) mass is 164 g/mol. The van der Waals surface area contributed by atoms with Crippen molar-refractivity contribution in [3.8, 4) is 0 Å². The molecular formula is C10H12S. The van der Waals surface area contributed by atoms with Crippen LogP contribution >= 0.6 is 11.8 Å². The van der Waals surface area contributed by atoms with E-state index < -0.39 is 0 Å². The van der Waals surface area contributed by atoms with Crippen LogP contribution in [0.1, 0.15) is 28.9 Å². The second-order valence-corrected chi connectivity index (χ2v) is 4.48. The highest BCUT2D eigenvalue weighted by molar-refractivity contribution is 7.99. The van der Waals surface area contributed by atoms with E-state index in [4.69, 9.17) is 0 Å². The van der Waals surface area contributed by atoms with E-state index >= 15 is 0 Å². The average Bonchev–Trinajstić information content (AvgIpc) is 2.33. The van der Waals surface area contributed by atoms with E-state index in [0.29, 0.717) is 5.25 Å². The molecule has 0 aliphatic carbocycles. The summed E-state index contributed by atoms with van der Waals surface area (Å²) in [6, 6.07) is 6.79. The number of fused-ring (bicyclic) bond motifs is 1. The molecule has 58 valence electrons. The summed E-state index contributed by atoms with van der Waals surface area (Å²) in [5, 5.41) is 0.713. The van der Waals surface area contributed by atoms with Crippen LogP contribution in [-0.4, -0.2) is 0 Å². The van der Waals surface area contributed by atoms with Gasteiger partial charge in [-0.3, -0.25) is 0 Å². The van der Waals surface area contributed by atoms with Crippen LogP contribution in [0.15, 0.2) is 18.2 Å². The number of thioether (sulfide) groups is 1. The first-order chi connectivity index (χ1) is 5.27. The first-order valence-corrected chi connectivity index (χ1v) is 5.03. The molecule has 1 atom stereocenters. The van der Waals surface area contributed by atoms with Gasteiger partial charge in [-0.1, -0.05) is 23.8 Å². The maximum absolute atomic E-state index is 2.32. The van der Waals surface area contributed by atoms with Crippen LogP contribution in [0, 0.1) is 6.92 Å². The predicted octanol–water partition coefficient (Wildman–Crippen LogP) is 3.30. The lowest BCUT2D eigenvalue weighted by Gasteiger charge is -2.03. The van der Waals surface area contributed by atoms with Gasteiger partial charge < -0.3 is 0 Å². The Morgan fingerprint density at radius 2 is 2.27 bits per heavy atom. The lowest BCUT2D eigenvalue weighted by Crippen LogP contribution is -1.85. The van der Waals surface area contributed by atoms with Crippen LogP contribution in [-0.2, 0) is 5.75 Å². The minimum atomic E-state index is 0.713. The molecule has 1 heterocycles. The molecule has 0 aromatic heterocycles. The van der Waals surface area contributed by atoms with Crippen molar-refractivity contribution in [2.45, 2.75) is 24.9 Å². The zero-order valence-corrected chi connectivity index (χ0v) is 7.74. The van der Waals surface area contributed by atoms with E-state index in [1.54, 1.807) is 5.56 Å². The van der Waals surface area contributed by atoms with Crippen LogP contribution < -0.4 is 0 Å². The normalized spacial score (nSPS) is 21.8. The van der Waals surface area contributed by atoms with Crippen molar-refractivity contribution in [1.29, 1.82) is 0 Å². The van der Waals surface area contributed by atoms with Gasteiger partial charge in [0.25, 0.3) is 0 Å². The molecule has 0 spiro atoms. The molecule has 1 heteroatoms. The van der Waals surface area contributed by atoms with Crippen LogP contribution in [0.25, 0.3) is 0 Å². The molecule has 1 aliphatic heterocycles. The Hall–Kier alpha value is -0.430. The molecule has 1 aliphatic rings. The Labute approximate surface area is 72.0 Å². The van der Waals surface area contributed by atoms with Crippen molar-refractivity contribution in [2.24, 2.45) is 0 Å². The van der Waals surface area contributed by atoms with Crippen LogP contribution in [0.5, 0.6) is 0 Å². The molecule has 1 aromatic carbocycles. The number of benzene rings is 1. The van der Waals surface area contributed by atoms with Crippen LogP contribution in [0.4, 0.5) is 0 Å². The molecule has 0 amide bonds. The Balaban J connectivity index is 2.52. The number of rotatable bonds is 0. The molecular weight excluding hydrogens is 152 g/mol. The summed E-state index contributed by atoms with van der Waals surface area (Å²) in [6.07, 6.45) is 0. The first-order valence-electron chi connectivity index (χ1n) is 3.98. The maximum Gasteiger partial charge on any atom is 0.0275 e. The van der Waals surface area contributed by atoms with Gasteiger partial charge in [0.15, 0.2) is 0 Å². The maximum atomic E-state index is 2.32. The Bertz CT molecular complexity index is 278. The third-order valence-corrected chi connectivity index (χ3v) is 3.46. The van der Waals surface area contributed by atoms with E-state index in [1.165, 1.54) is 16.9 Å². The van der Waals surface area contributed by atoms with Gasteiger partial charge in [0.1, 0.15) is 0 Å². The van der Waals surface area contributed by atoms with Gasteiger partial charge in [-0.25, -0.2) is 0 Å². The van der Waals surface area contributed by atoms with Crippen molar-refractivity contribution >= 4 is 11.8 Å². The minimum Gasteiger partial charge on any atom is -0.149 e. The smallest absolute Gasteiger partial charge is 0.0275 e. The second-order valence-electron chi connectivity index (χ2n) is 3.16. The quantitative estimate of drug-likeness (QED) is 0.567. The Morgan fingerprint density at radius 1 is 1.45 bits per heavy atom. The van der Waals surface area contributed by atoms with Gasteiger partial charge in [0.2, 0.25) is 0 Å². The van der Waals surface area contributed by atoms with Gasteiger partial charge in [-0.15, -0.1) is 11.8 Å². The zero-order chi connectivity index (χ0) is 7.84. The van der Waals surface area contributed by atoms with Gasteiger partial charge in [0, 0.05) is 11.0 Å². The van der Waals surface area contributed by atoms with Gasteiger partial charge in [-0.05, 0) is 25.0 Å². The fourth-order valence-electron chi connectivity index (χ4n) is 1.53. The standard InChI is InChI=1S/C10H12S/c1-7-3-4-9-6-11-8(2)10(9)5-7/h3-5,8H,6H2,1-2H3/t8-/m0/s1. The summed E-state index contributed by atoms with van der Waals surface area (Å²) in [4.78, 5) is 0. The third kappa shape index (κ3) is 1.18. The van der Waals surface area contributed by atoms with Crippen molar-refractivity contribution in [1.82, 2.24) is 0 Å². The first kappa shape index (κ1) is 7.23. The molecule has 2 rings (SSSR count). The number of hydrogen-bond donors (Lipinski definition) is 0. The fourth-order valence-corrected chi connectivity index (χ4v) is 2.62. The molecule has 0 bridgehead atoms. The molecule has 11 heavy (non-hydrogen) atoms. The summed E-state index contributed by atoms with van der Waals surface area (Å²) >= 11 is 2.03. The van der Waals surface area contributed by atoms with E-state index in [1.807, 2.05) is 11.8 Å². The highest BCUT2D eigenvalue weighted by Gasteiger charge is 2.17. The number of aryl methyl sites for hydroxylation is 1. The Morgan fingerprint density at radius 3 is 3.09 bits per heavy atom. The van der Waals surface area contributed by atoms with E-state index in [-0.39, 0.29) is 0 Å². The summed E-state index contributed by atoms with van der Waals surface area (Å²) in [5.41, 5.74) is 4.47. The molecule has 0 radical (unpaired) electrons. The summed E-state index contributed by atoms with van der Waals surface area (Å²) in [7, 11) is 0. The Kier molecular flexibility index (Phi) is 1.68. The lowest BCUT2D eigenvalue weighted by molar-refractivity contribution is 1.10. The van der Waals surface area contributed by atoms with Gasteiger partial charge in [0.05, 0.1) is 0 Å². The van der Waals surface area contributed by atoms with Crippen molar-refractivity contribution in [3.05, 3.63) is 34.9 Å². The molecule has 0 saturated carbocycles. The topological polar surface area (TPSA) is 0 Å². The molecule has 1 aromatic rings. The summed E-state index contributed by atoms with van der Waals surface area (Å²) < 4.78 is 0. The van der Waals surface area contributed by atoms with E-state index in [0.717, 1.165) is 0 Å².